The Bertz CT molecular complexity index is 941. The molecular formula is C15H15ClN4O5S. The maximum Gasteiger partial charge on any atom is 0.325 e. The summed E-state index contributed by atoms with van der Waals surface area (Å²) in [4.78, 5) is 29.4. The van der Waals surface area contributed by atoms with Gasteiger partial charge < -0.3 is 9.84 Å². The van der Waals surface area contributed by atoms with E-state index in [0.29, 0.717) is 10.6 Å². The summed E-state index contributed by atoms with van der Waals surface area (Å²) in [6.07, 6.45) is 1.09. The molecule has 0 aliphatic carbocycles. The number of carbonyl (C=O) groups is 2. The van der Waals surface area contributed by atoms with Gasteiger partial charge in [0.15, 0.2) is 5.82 Å². The molecule has 138 valence electrons. The maximum atomic E-state index is 12.3. The number of nitrogens with one attached hydrogen (secondary N) is 1. The molecule has 11 heteroatoms. The van der Waals surface area contributed by atoms with Crippen LogP contribution in [0.25, 0.3) is 11.5 Å². The molecule has 1 aromatic heterocycles. The average Bonchev–Trinajstić information content (AvgIpc) is 3.13. The molecule has 0 spiro atoms. The molecule has 1 N–H and O–H groups in total. The minimum absolute atomic E-state index is 0.0160. The summed E-state index contributed by atoms with van der Waals surface area (Å²) >= 11 is 5.82. The first-order chi connectivity index (χ1) is 12.2. The standard InChI is InChI=1S/C15H15ClN4O5S/c1-26(23,24)7-6-11-14(21)20(15(22)17-11)8-12-18-13(25-19-12)9-2-4-10(16)5-3-9/h2-5,11H,6-8H2,1H3,(H,17,22)/t11-/m1/s1. The molecule has 1 aliphatic rings. The van der Waals surface area contributed by atoms with Gasteiger partial charge >= 0.3 is 6.03 Å². The number of hydrogen-bond acceptors (Lipinski definition) is 7. The number of carbonyl (C=O) groups excluding carboxylic acids is 2. The van der Waals surface area contributed by atoms with Crippen LogP contribution < -0.4 is 5.32 Å². The van der Waals surface area contributed by atoms with E-state index >= 15 is 0 Å². The molecule has 0 bridgehead atoms. The van der Waals surface area contributed by atoms with E-state index in [1.807, 2.05) is 0 Å². The average molecular weight is 399 g/mol. The molecular weight excluding hydrogens is 384 g/mol. The Balaban J connectivity index is 1.68. The third kappa shape index (κ3) is 4.20. The fraction of sp³-hybridized carbons (Fsp3) is 0.333. The van der Waals surface area contributed by atoms with Crippen molar-refractivity contribution >= 4 is 33.4 Å². The third-order valence-electron chi connectivity index (χ3n) is 3.74. The maximum absolute atomic E-state index is 12.3. The van der Waals surface area contributed by atoms with Crippen LogP contribution in [-0.2, 0) is 21.2 Å². The molecule has 0 unspecified atom stereocenters. The Hall–Kier alpha value is -2.46. The number of halogens is 1. The largest absolute Gasteiger partial charge is 0.334 e. The van der Waals surface area contributed by atoms with Gasteiger partial charge in [0.1, 0.15) is 15.9 Å². The van der Waals surface area contributed by atoms with Gasteiger partial charge in [-0.2, -0.15) is 4.98 Å². The Morgan fingerprint density at radius 2 is 1.96 bits per heavy atom. The molecule has 0 saturated carbocycles. The Morgan fingerprint density at radius 3 is 2.62 bits per heavy atom. The monoisotopic (exact) mass is 398 g/mol. The highest BCUT2D eigenvalue weighted by atomic mass is 35.5. The number of aromatic nitrogens is 2. The lowest BCUT2D eigenvalue weighted by Gasteiger charge is -2.10. The summed E-state index contributed by atoms with van der Waals surface area (Å²) in [7, 11) is -3.23. The summed E-state index contributed by atoms with van der Waals surface area (Å²) < 4.78 is 27.6. The van der Waals surface area contributed by atoms with E-state index in [1.54, 1.807) is 24.3 Å². The number of nitrogens with zero attached hydrogens (tertiary/aromatic N) is 3. The van der Waals surface area contributed by atoms with Crippen LogP contribution in [-0.4, -0.2) is 53.4 Å². The van der Waals surface area contributed by atoms with Crippen LogP contribution in [0.15, 0.2) is 28.8 Å². The Labute approximate surface area is 154 Å². The minimum Gasteiger partial charge on any atom is -0.334 e. The highest BCUT2D eigenvalue weighted by molar-refractivity contribution is 7.90. The molecule has 26 heavy (non-hydrogen) atoms. The molecule has 1 aromatic carbocycles. The molecule has 1 saturated heterocycles. The number of urea groups is 1. The smallest absolute Gasteiger partial charge is 0.325 e. The first-order valence-electron chi connectivity index (χ1n) is 7.61. The highest BCUT2D eigenvalue weighted by Crippen LogP contribution is 2.21. The molecule has 1 aliphatic heterocycles. The predicted octanol–water partition coefficient (Wildman–Crippen LogP) is 1.25. The first kappa shape index (κ1) is 18.3. The van der Waals surface area contributed by atoms with Gasteiger partial charge in [0.25, 0.3) is 11.8 Å². The second-order valence-electron chi connectivity index (χ2n) is 5.87. The van der Waals surface area contributed by atoms with E-state index in [4.69, 9.17) is 16.1 Å². The van der Waals surface area contributed by atoms with Crippen molar-refractivity contribution in [3.63, 3.8) is 0 Å². The fourth-order valence-corrected chi connectivity index (χ4v) is 3.21. The van der Waals surface area contributed by atoms with E-state index in [9.17, 15) is 18.0 Å². The Morgan fingerprint density at radius 1 is 1.27 bits per heavy atom. The van der Waals surface area contributed by atoms with Gasteiger partial charge in [0, 0.05) is 16.8 Å². The SMILES string of the molecule is CS(=O)(=O)CC[C@H]1NC(=O)N(Cc2noc(-c3ccc(Cl)cc3)n2)C1=O. The lowest BCUT2D eigenvalue weighted by molar-refractivity contribution is -0.128. The molecule has 9 nitrogen and oxygen atoms in total. The summed E-state index contributed by atoms with van der Waals surface area (Å²) in [5, 5.41) is 6.80. The van der Waals surface area contributed by atoms with Gasteiger partial charge in [-0.3, -0.25) is 9.69 Å². The van der Waals surface area contributed by atoms with E-state index < -0.39 is 27.8 Å². The van der Waals surface area contributed by atoms with Crippen LogP contribution >= 0.6 is 11.6 Å². The van der Waals surface area contributed by atoms with Crippen molar-refractivity contribution in [2.24, 2.45) is 0 Å². The zero-order valence-electron chi connectivity index (χ0n) is 13.7. The number of amides is 3. The number of benzene rings is 1. The summed E-state index contributed by atoms with van der Waals surface area (Å²) in [6.45, 7) is -0.170. The normalized spacial score (nSPS) is 17.6. The van der Waals surface area contributed by atoms with E-state index in [0.717, 1.165) is 11.2 Å². The van der Waals surface area contributed by atoms with Crippen molar-refractivity contribution in [1.29, 1.82) is 0 Å². The topological polar surface area (TPSA) is 122 Å². The number of hydrogen-bond donors (Lipinski definition) is 1. The molecule has 1 atom stereocenters. The van der Waals surface area contributed by atoms with Crippen LogP contribution in [0.2, 0.25) is 5.02 Å². The Kier molecular flexibility index (Phi) is 4.97. The van der Waals surface area contributed by atoms with Gasteiger partial charge in [-0.15, -0.1) is 0 Å². The van der Waals surface area contributed by atoms with Crippen LogP contribution in [0.1, 0.15) is 12.2 Å². The van der Waals surface area contributed by atoms with Crippen LogP contribution in [0.4, 0.5) is 4.79 Å². The third-order valence-corrected chi connectivity index (χ3v) is 4.97. The van der Waals surface area contributed by atoms with E-state index in [2.05, 4.69) is 15.5 Å². The zero-order valence-corrected chi connectivity index (χ0v) is 15.2. The van der Waals surface area contributed by atoms with Gasteiger partial charge in [0.2, 0.25) is 0 Å². The van der Waals surface area contributed by atoms with Crippen molar-refractivity contribution in [3.8, 4) is 11.5 Å². The quantitative estimate of drug-likeness (QED) is 0.726. The first-order valence-corrected chi connectivity index (χ1v) is 10.0. The molecule has 3 amide bonds. The summed E-state index contributed by atoms with van der Waals surface area (Å²) in [6, 6.07) is 5.25. The summed E-state index contributed by atoms with van der Waals surface area (Å²) in [5.74, 6) is -0.323. The molecule has 1 fully saturated rings. The van der Waals surface area contributed by atoms with Crippen LogP contribution in [0, 0.1) is 0 Å². The molecule has 0 radical (unpaired) electrons. The van der Waals surface area contributed by atoms with Crippen molar-refractivity contribution in [1.82, 2.24) is 20.4 Å². The van der Waals surface area contributed by atoms with E-state index in [1.165, 1.54) is 0 Å². The number of rotatable bonds is 6. The van der Waals surface area contributed by atoms with Gasteiger partial charge in [-0.1, -0.05) is 16.8 Å². The fourth-order valence-electron chi connectivity index (χ4n) is 2.42. The van der Waals surface area contributed by atoms with Crippen molar-refractivity contribution < 1.29 is 22.5 Å². The van der Waals surface area contributed by atoms with Crippen molar-refractivity contribution in [2.75, 3.05) is 12.0 Å². The van der Waals surface area contributed by atoms with Crippen LogP contribution in [0.3, 0.4) is 0 Å². The van der Waals surface area contributed by atoms with Crippen LogP contribution in [0.5, 0.6) is 0 Å². The van der Waals surface area contributed by atoms with E-state index in [-0.39, 0.29) is 30.4 Å². The van der Waals surface area contributed by atoms with Gasteiger partial charge in [0.05, 0.1) is 12.3 Å². The minimum atomic E-state index is -3.23. The highest BCUT2D eigenvalue weighted by Gasteiger charge is 2.38. The predicted molar refractivity (Wildman–Crippen MR) is 91.9 cm³/mol. The lowest BCUT2D eigenvalue weighted by Crippen LogP contribution is -2.32. The molecule has 3 rings (SSSR count). The van der Waals surface area contributed by atoms with Gasteiger partial charge in [-0.25, -0.2) is 13.2 Å². The van der Waals surface area contributed by atoms with Crippen molar-refractivity contribution in [3.05, 3.63) is 35.1 Å². The van der Waals surface area contributed by atoms with Crippen molar-refractivity contribution in [2.45, 2.75) is 19.0 Å². The molecule has 2 heterocycles. The second-order valence-corrected chi connectivity index (χ2v) is 8.56. The van der Waals surface area contributed by atoms with Gasteiger partial charge in [-0.05, 0) is 30.7 Å². The number of sulfone groups is 1. The number of imide groups is 1. The lowest BCUT2D eigenvalue weighted by atomic mass is 10.2. The zero-order chi connectivity index (χ0) is 18.9. The second kappa shape index (κ2) is 7.04. The molecule has 2 aromatic rings. The summed E-state index contributed by atoms with van der Waals surface area (Å²) in [5.41, 5.74) is 0.649.